The van der Waals surface area contributed by atoms with E-state index in [1.165, 1.54) is 0 Å². The molecular formula is C8H13F2NO. The summed E-state index contributed by atoms with van der Waals surface area (Å²) < 4.78 is 31.6. The summed E-state index contributed by atoms with van der Waals surface area (Å²) in [5, 5.41) is 3.00. The van der Waals surface area contributed by atoms with E-state index < -0.39 is 17.9 Å². The zero-order valence-corrected chi connectivity index (χ0v) is 6.91. The second-order valence-corrected chi connectivity index (χ2v) is 3.71. The summed E-state index contributed by atoms with van der Waals surface area (Å²) in [4.78, 5) is 0. The number of rotatable bonds is 0. The van der Waals surface area contributed by atoms with Crippen LogP contribution < -0.4 is 5.32 Å². The van der Waals surface area contributed by atoms with Crippen molar-refractivity contribution in [1.82, 2.24) is 5.32 Å². The summed E-state index contributed by atoms with van der Waals surface area (Å²) in [6, 6.07) is 0. The Morgan fingerprint density at radius 3 is 2.67 bits per heavy atom. The van der Waals surface area contributed by atoms with E-state index in [1.54, 1.807) is 0 Å². The molecule has 0 saturated carbocycles. The molecule has 12 heavy (non-hydrogen) atoms. The first kappa shape index (κ1) is 8.38. The van der Waals surface area contributed by atoms with Crippen molar-refractivity contribution in [2.24, 2.45) is 5.41 Å². The first-order valence-corrected chi connectivity index (χ1v) is 4.33. The molecule has 2 fully saturated rings. The summed E-state index contributed by atoms with van der Waals surface area (Å²) in [6.45, 7) is 1.25. The van der Waals surface area contributed by atoms with Crippen molar-refractivity contribution in [1.29, 1.82) is 0 Å². The fourth-order valence-corrected chi connectivity index (χ4v) is 2.07. The van der Waals surface area contributed by atoms with Gasteiger partial charge in [-0.2, -0.15) is 0 Å². The van der Waals surface area contributed by atoms with E-state index in [1.807, 2.05) is 0 Å². The highest BCUT2D eigenvalue weighted by Crippen LogP contribution is 2.46. The number of halogens is 2. The third kappa shape index (κ3) is 1.05. The molecule has 0 aromatic heterocycles. The minimum Gasteiger partial charge on any atom is -0.375 e. The van der Waals surface area contributed by atoms with Crippen LogP contribution in [-0.2, 0) is 4.74 Å². The van der Waals surface area contributed by atoms with E-state index in [2.05, 4.69) is 5.32 Å². The lowest BCUT2D eigenvalue weighted by atomic mass is 9.76. The van der Waals surface area contributed by atoms with Crippen molar-refractivity contribution in [3.05, 3.63) is 0 Å². The van der Waals surface area contributed by atoms with Crippen LogP contribution in [0.2, 0.25) is 0 Å². The Morgan fingerprint density at radius 1 is 1.25 bits per heavy atom. The van der Waals surface area contributed by atoms with Crippen LogP contribution in [0.3, 0.4) is 0 Å². The predicted molar refractivity (Wildman–Crippen MR) is 40.3 cm³/mol. The maximum atomic E-state index is 13.4. The van der Waals surface area contributed by atoms with Gasteiger partial charge in [0.2, 0.25) is 0 Å². The van der Waals surface area contributed by atoms with Gasteiger partial charge in [-0.25, -0.2) is 8.78 Å². The minimum absolute atomic E-state index is 0.394. The van der Waals surface area contributed by atoms with Gasteiger partial charge in [-0.3, -0.25) is 0 Å². The van der Waals surface area contributed by atoms with Crippen molar-refractivity contribution in [3.8, 4) is 0 Å². The van der Waals surface area contributed by atoms with E-state index in [4.69, 9.17) is 4.74 Å². The van der Waals surface area contributed by atoms with Crippen LogP contribution in [-0.4, -0.2) is 32.2 Å². The lowest BCUT2D eigenvalue weighted by Crippen LogP contribution is -2.50. The Morgan fingerprint density at radius 2 is 2.08 bits per heavy atom. The summed E-state index contributed by atoms with van der Waals surface area (Å²) in [5.74, 6) is -2.63. The van der Waals surface area contributed by atoms with E-state index in [9.17, 15) is 8.78 Å². The number of hydrogen-bond donors (Lipinski definition) is 1. The normalized spacial score (nSPS) is 40.5. The van der Waals surface area contributed by atoms with Crippen LogP contribution >= 0.6 is 0 Å². The third-order valence-corrected chi connectivity index (χ3v) is 3.03. The van der Waals surface area contributed by atoms with Gasteiger partial charge in [0.05, 0.1) is 5.41 Å². The van der Waals surface area contributed by atoms with E-state index in [0.717, 1.165) is 6.54 Å². The maximum absolute atomic E-state index is 13.4. The first-order chi connectivity index (χ1) is 5.66. The molecule has 4 heteroatoms. The van der Waals surface area contributed by atoms with Gasteiger partial charge < -0.3 is 10.1 Å². The Labute approximate surface area is 70.3 Å². The van der Waals surface area contributed by atoms with Gasteiger partial charge in [0.1, 0.15) is 6.61 Å². The molecule has 0 aromatic rings. The maximum Gasteiger partial charge on any atom is 0.277 e. The average molecular weight is 177 g/mol. The number of nitrogens with one attached hydrogen (secondary N) is 1. The smallest absolute Gasteiger partial charge is 0.277 e. The van der Waals surface area contributed by atoms with Crippen molar-refractivity contribution in [2.75, 3.05) is 26.3 Å². The number of alkyl halides is 2. The van der Waals surface area contributed by atoms with Gasteiger partial charge in [0, 0.05) is 13.2 Å². The second-order valence-electron chi connectivity index (χ2n) is 3.71. The Bertz CT molecular complexity index is 178. The highest BCUT2D eigenvalue weighted by Gasteiger charge is 2.56. The molecule has 2 heterocycles. The highest BCUT2D eigenvalue weighted by atomic mass is 19.3. The van der Waals surface area contributed by atoms with Crippen molar-refractivity contribution < 1.29 is 13.5 Å². The van der Waals surface area contributed by atoms with Gasteiger partial charge in [-0.15, -0.1) is 0 Å². The Hall–Kier alpha value is -0.220. The minimum atomic E-state index is -2.63. The molecule has 2 aliphatic heterocycles. The summed E-state index contributed by atoms with van der Waals surface area (Å²) in [6.07, 6.45) is 1.08. The van der Waals surface area contributed by atoms with Gasteiger partial charge in [-0.1, -0.05) is 0 Å². The summed E-state index contributed by atoms with van der Waals surface area (Å²) in [5.41, 5.74) is -0.800. The van der Waals surface area contributed by atoms with Gasteiger partial charge >= 0.3 is 0 Å². The summed E-state index contributed by atoms with van der Waals surface area (Å²) >= 11 is 0. The van der Waals surface area contributed by atoms with Gasteiger partial charge in [-0.05, 0) is 19.4 Å². The highest BCUT2D eigenvalue weighted by molar-refractivity contribution is 5.00. The van der Waals surface area contributed by atoms with E-state index in [0.29, 0.717) is 26.0 Å². The number of ether oxygens (including phenoxy) is 1. The lowest BCUT2D eigenvalue weighted by molar-refractivity contribution is -0.197. The Kier molecular flexibility index (Phi) is 1.84. The van der Waals surface area contributed by atoms with Crippen molar-refractivity contribution in [2.45, 2.75) is 18.8 Å². The molecule has 2 aliphatic rings. The van der Waals surface area contributed by atoms with Crippen LogP contribution in [0, 0.1) is 5.41 Å². The molecule has 1 spiro atoms. The zero-order chi connectivity index (χ0) is 8.66. The molecule has 2 nitrogen and oxygen atoms in total. The van der Waals surface area contributed by atoms with Crippen LogP contribution in [0.4, 0.5) is 8.78 Å². The Balaban J connectivity index is 2.19. The summed E-state index contributed by atoms with van der Waals surface area (Å²) in [7, 11) is 0. The monoisotopic (exact) mass is 177 g/mol. The molecule has 1 atom stereocenters. The van der Waals surface area contributed by atoms with Gasteiger partial charge in [0.25, 0.3) is 5.92 Å². The molecule has 2 rings (SSSR count). The molecule has 0 aliphatic carbocycles. The molecule has 0 radical (unpaired) electrons. The van der Waals surface area contributed by atoms with Crippen molar-refractivity contribution >= 4 is 0 Å². The standard InChI is InChI=1S/C8H13F2NO/c9-8(10)6-12-4-2-7(8)1-3-11-5-7/h11H,1-6H2. The first-order valence-electron chi connectivity index (χ1n) is 4.33. The molecule has 0 aromatic carbocycles. The molecule has 1 N–H and O–H groups in total. The quantitative estimate of drug-likeness (QED) is 0.596. The molecule has 2 saturated heterocycles. The topological polar surface area (TPSA) is 21.3 Å². The van der Waals surface area contributed by atoms with Crippen LogP contribution in [0.25, 0.3) is 0 Å². The van der Waals surface area contributed by atoms with Gasteiger partial charge in [0.15, 0.2) is 0 Å². The van der Waals surface area contributed by atoms with Crippen molar-refractivity contribution in [3.63, 3.8) is 0 Å². The SMILES string of the molecule is FC1(F)COCCC12CCNC2. The second kappa shape index (κ2) is 2.64. The zero-order valence-electron chi connectivity index (χ0n) is 6.91. The van der Waals surface area contributed by atoms with E-state index >= 15 is 0 Å². The molecule has 1 unspecified atom stereocenters. The third-order valence-electron chi connectivity index (χ3n) is 3.03. The molecular weight excluding hydrogens is 164 g/mol. The van der Waals surface area contributed by atoms with Crippen LogP contribution in [0.15, 0.2) is 0 Å². The fraction of sp³-hybridized carbons (Fsp3) is 1.00. The largest absolute Gasteiger partial charge is 0.375 e. The van der Waals surface area contributed by atoms with Crippen LogP contribution in [0.1, 0.15) is 12.8 Å². The fourth-order valence-electron chi connectivity index (χ4n) is 2.07. The molecule has 0 amide bonds. The predicted octanol–water partition coefficient (Wildman–Crippen LogP) is 1.02. The molecule has 0 bridgehead atoms. The van der Waals surface area contributed by atoms with Crippen LogP contribution in [0.5, 0.6) is 0 Å². The lowest BCUT2D eigenvalue weighted by Gasteiger charge is -2.40. The molecule has 70 valence electrons. The van der Waals surface area contributed by atoms with E-state index in [-0.39, 0.29) is 0 Å². The number of hydrogen-bond acceptors (Lipinski definition) is 2. The average Bonchev–Trinajstić information content (AvgIpc) is 2.46.